The highest BCUT2D eigenvalue weighted by Gasteiger charge is 2.42. The number of benzene rings is 1. The lowest BCUT2D eigenvalue weighted by atomic mass is 9.94. The molecule has 0 bridgehead atoms. The van der Waals surface area contributed by atoms with E-state index in [1.165, 1.54) is 11.3 Å². The molecule has 2 N–H and O–H groups in total. The summed E-state index contributed by atoms with van der Waals surface area (Å²) in [5.41, 5.74) is 0.732. The largest absolute Gasteiger partial charge is 0.448 e. The lowest BCUT2D eigenvalue weighted by Gasteiger charge is -2.31. The number of rotatable bonds is 5. The van der Waals surface area contributed by atoms with Crippen molar-refractivity contribution in [1.82, 2.24) is 5.32 Å². The van der Waals surface area contributed by atoms with Gasteiger partial charge in [0.2, 0.25) is 5.91 Å². The highest BCUT2D eigenvalue weighted by molar-refractivity contribution is 7.10. The van der Waals surface area contributed by atoms with Crippen molar-refractivity contribution >= 4 is 22.9 Å². The van der Waals surface area contributed by atoms with E-state index in [1.807, 2.05) is 29.6 Å². The molecule has 1 saturated carbocycles. The molecule has 0 unspecified atom stereocenters. The summed E-state index contributed by atoms with van der Waals surface area (Å²) < 4.78 is 12.2. The van der Waals surface area contributed by atoms with E-state index in [-0.39, 0.29) is 18.5 Å². The van der Waals surface area contributed by atoms with E-state index in [1.54, 1.807) is 11.3 Å². The standard InChI is InChI=1S/C20H24N2O3S/c1-14(18-6-5-11-26-18)21-13-19(23)22-15-7-8-16-17(12-15)25-20(24-16)9-3-2-4-10-20/h5-8,11-12,14,21H,2-4,9-10,13H2,1H3,(H,22,23)/t14-/m0/s1. The van der Waals surface area contributed by atoms with Crippen molar-refractivity contribution in [2.75, 3.05) is 11.9 Å². The van der Waals surface area contributed by atoms with Crippen molar-refractivity contribution in [3.8, 4) is 11.5 Å². The van der Waals surface area contributed by atoms with Crippen LogP contribution in [0.2, 0.25) is 0 Å². The first-order chi connectivity index (χ1) is 12.6. The van der Waals surface area contributed by atoms with Gasteiger partial charge in [0.05, 0.1) is 6.54 Å². The third-order valence-electron chi connectivity index (χ3n) is 4.97. The maximum Gasteiger partial charge on any atom is 0.251 e. The molecule has 1 spiro atoms. The summed E-state index contributed by atoms with van der Waals surface area (Å²) in [5.74, 6) is 0.944. The average molecular weight is 372 g/mol. The van der Waals surface area contributed by atoms with E-state index in [2.05, 4.69) is 23.6 Å². The predicted octanol–water partition coefficient (Wildman–Crippen LogP) is 4.47. The zero-order valence-electron chi connectivity index (χ0n) is 14.9. The summed E-state index contributed by atoms with van der Waals surface area (Å²) in [6.45, 7) is 2.32. The molecule has 6 heteroatoms. The first-order valence-electron chi connectivity index (χ1n) is 9.22. The van der Waals surface area contributed by atoms with Gasteiger partial charge in [-0.2, -0.15) is 0 Å². The number of anilines is 1. The van der Waals surface area contributed by atoms with Crippen LogP contribution in [0.3, 0.4) is 0 Å². The van der Waals surface area contributed by atoms with E-state index in [0.717, 1.165) is 42.9 Å². The van der Waals surface area contributed by atoms with E-state index < -0.39 is 5.79 Å². The quantitative estimate of drug-likeness (QED) is 0.813. The number of ether oxygens (including phenoxy) is 2. The highest BCUT2D eigenvalue weighted by atomic mass is 32.1. The molecule has 0 radical (unpaired) electrons. The van der Waals surface area contributed by atoms with Gasteiger partial charge in [-0.1, -0.05) is 12.5 Å². The van der Waals surface area contributed by atoms with E-state index in [0.29, 0.717) is 0 Å². The number of amides is 1. The molecule has 1 aliphatic carbocycles. The molecule has 26 heavy (non-hydrogen) atoms. The second-order valence-corrected chi connectivity index (χ2v) is 7.98. The van der Waals surface area contributed by atoms with Crippen molar-refractivity contribution < 1.29 is 14.3 Å². The maximum absolute atomic E-state index is 12.2. The Labute approximate surface area is 157 Å². The Morgan fingerprint density at radius 2 is 2.00 bits per heavy atom. The number of carbonyl (C=O) groups excluding carboxylic acids is 1. The number of thiophene rings is 1. The van der Waals surface area contributed by atoms with Crippen LogP contribution in [-0.2, 0) is 4.79 Å². The maximum atomic E-state index is 12.2. The van der Waals surface area contributed by atoms with E-state index >= 15 is 0 Å². The SMILES string of the molecule is C[C@H](NCC(=O)Nc1ccc2c(c1)OC1(CCCCC1)O2)c1cccs1. The molecule has 5 nitrogen and oxygen atoms in total. The molecule has 2 aliphatic rings. The second kappa shape index (κ2) is 7.29. The lowest BCUT2D eigenvalue weighted by molar-refractivity contribution is -0.115. The molecule has 1 aromatic heterocycles. The summed E-state index contributed by atoms with van der Waals surface area (Å²) in [6, 6.07) is 9.85. The van der Waals surface area contributed by atoms with Gasteiger partial charge in [0, 0.05) is 35.5 Å². The molecule has 1 aliphatic heterocycles. The summed E-state index contributed by atoms with van der Waals surface area (Å²) in [6.07, 6.45) is 5.35. The van der Waals surface area contributed by atoms with Gasteiger partial charge in [-0.3, -0.25) is 4.79 Å². The molecular weight excluding hydrogens is 348 g/mol. The Hall–Kier alpha value is -2.05. The Kier molecular flexibility index (Phi) is 4.87. The number of hydrogen-bond acceptors (Lipinski definition) is 5. The molecule has 1 atom stereocenters. The Balaban J connectivity index is 1.33. The fourth-order valence-corrected chi connectivity index (χ4v) is 4.31. The van der Waals surface area contributed by atoms with Crippen molar-refractivity contribution in [3.63, 3.8) is 0 Å². The first kappa shape index (κ1) is 17.4. The summed E-state index contributed by atoms with van der Waals surface area (Å²) in [7, 11) is 0. The van der Waals surface area contributed by atoms with Gasteiger partial charge in [0.1, 0.15) is 0 Å². The topological polar surface area (TPSA) is 59.6 Å². The Bertz CT molecular complexity index is 769. The molecular formula is C20H24N2O3S. The smallest absolute Gasteiger partial charge is 0.251 e. The van der Waals surface area contributed by atoms with Gasteiger partial charge in [0.15, 0.2) is 11.5 Å². The van der Waals surface area contributed by atoms with E-state index in [9.17, 15) is 4.79 Å². The fourth-order valence-electron chi connectivity index (χ4n) is 3.56. The normalized spacial score (nSPS) is 18.7. The molecule has 2 heterocycles. The zero-order valence-corrected chi connectivity index (χ0v) is 15.7. The van der Waals surface area contributed by atoms with Crippen molar-refractivity contribution in [1.29, 1.82) is 0 Å². The molecule has 2 aromatic rings. The van der Waals surface area contributed by atoms with Gasteiger partial charge in [0.25, 0.3) is 5.79 Å². The fraction of sp³-hybridized carbons (Fsp3) is 0.450. The van der Waals surface area contributed by atoms with Crippen LogP contribution in [0, 0.1) is 0 Å². The van der Waals surface area contributed by atoms with Crippen LogP contribution < -0.4 is 20.1 Å². The monoisotopic (exact) mass is 372 g/mol. The molecule has 138 valence electrons. The van der Waals surface area contributed by atoms with Gasteiger partial charge in [-0.05, 0) is 43.3 Å². The Morgan fingerprint density at radius 3 is 2.77 bits per heavy atom. The number of fused-ring (bicyclic) bond motifs is 1. The minimum atomic E-state index is -0.485. The van der Waals surface area contributed by atoms with Crippen LogP contribution in [-0.4, -0.2) is 18.2 Å². The lowest BCUT2D eigenvalue weighted by Crippen LogP contribution is -2.40. The van der Waals surface area contributed by atoms with Gasteiger partial charge in [-0.25, -0.2) is 0 Å². The Morgan fingerprint density at radius 1 is 1.19 bits per heavy atom. The third-order valence-corrected chi connectivity index (χ3v) is 6.03. The van der Waals surface area contributed by atoms with Gasteiger partial charge >= 0.3 is 0 Å². The van der Waals surface area contributed by atoms with Crippen molar-refractivity contribution in [2.24, 2.45) is 0 Å². The third kappa shape index (κ3) is 3.71. The number of hydrogen-bond donors (Lipinski definition) is 2. The highest BCUT2D eigenvalue weighted by Crippen LogP contribution is 2.46. The summed E-state index contributed by atoms with van der Waals surface area (Å²) in [4.78, 5) is 13.5. The van der Waals surface area contributed by atoms with Crippen LogP contribution >= 0.6 is 11.3 Å². The number of nitrogens with one attached hydrogen (secondary N) is 2. The van der Waals surface area contributed by atoms with Crippen molar-refractivity contribution in [3.05, 3.63) is 40.6 Å². The van der Waals surface area contributed by atoms with Crippen LogP contribution in [0.1, 0.15) is 49.9 Å². The van der Waals surface area contributed by atoms with Crippen molar-refractivity contribution in [2.45, 2.75) is 50.9 Å². The first-order valence-corrected chi connectivity index (χ1v) is 10.1. The molecule has 1 fully saturated rings. The van der Waals surface area contributed by atoms with E-state index in [4.69, 9.17) is 9.47 Å². The minimum Gasteiger partial charge on any atom is -0.448 e. The zero-order chi connectivity index (χ0) is 18.0. The number of carbonyl (C=O) groups is 1. The minimum absolute atomic E-state index is 0.0698. The van der Waals surface area contributed by atoms with Gasteiger partial charge < -0.3 is 20.1 Å². The predicted molar refractivity (Wildman–Crippen MR) is 103 cm³/mol. The van der Waals surface area contributed by atoms with Crippen LogP contribution in [0.25, 0.3) is 0 Å². The second-order valence-electron chi connectivity index (χ2n) is 7.00. The average Bonchev–Trinajstić information content (AvgIpc) is 3.28. The molecule has 0 saturated heterocycles. The van der Waals surface area contributed by atoms with Crippen LogP contribution in [0.5, 0.6) is 11.5 Å². The molecule has 1 aromatic carbocycles. The van der Waals surface area contributed by atoms with Crippen LogP contribution in [0.15, 0.2) is 35.7 Å². The molecule has 1 amide bonds. The molecule has 4 rings (SSSR count). The van der Waals surface area contributed by atoms with Gasteiger partial charge in [-0.15, -0.1) is 11.3 Å². The summed E-state index contributed by atoms with van der Waals surface area (Å²) >= 11 is 1.69. The summed E-state index contributed by atoms with van der Waals surface area (Å²) in [5, 5.41) is 8.22. The van der Waals surface area contributed by atoms with Crippen LogP contribution in [0.4, 0.5) is 5.69 Å².